The van der Waals surface area contributed by atoms with Crippen molar-refractivity contribution in [2.45, 2.75) is 6.92 Å². The zero-order valence-electron chi connectivity index (χ0n) is 18.7. The van der Waals surface area contributed by atoms with Crippen molar-refractivity contribution in [3.63, 3.8) is 0 Å². The average Bonchev–Trinajstić information content (AvgIpc) is 2.82. The molecule has 0 saturated carbocycles. The van der Waals surface area contributed by atoms with Crippen LogP contribution in [-0.2, 0) is 0 Å². The van der Waals surface area contributed by atoms with Crippen molar-refractivity contribution in [1.82, 2.24) is 20.2 Å². The first kappa shape index (κ1) is 21.6. The molecule has 0 radical (unpaired) electrons. The molecule has 3 aromatic rings. The van der Waals surface area contributed by atoms with Crippen LogP contribution in [-0.4, -0.2) is 61.0 Å². The van der Waals surface area contributed by atoms with E-state index < -0.39 is 0 Å². The van der Waals surface area contributed by atoms with Gasteiger partial charge in [0.05, 0.1) is 11.3 Å². The third-order valence-corrected chi connectivity index (χ3v) is 5.59. The van der Waals surface area contributed by atoms with Gasteiger partial charge in [-0.1, -0.05) is 18.2 Å². The van der Waals surface area contributed by atoms with E-state index in [-0.39, 0.29) is 5.91 Å². The Kier molecular flexibility index (Phi) is 6.51. The summed E-state index contributed by atoms with van der Waals surface area (Å²) < 4.78 is 0. The number of likely N-dealkylation sites (N-methyl/N-ethyl adjacent to an activating group) is 1. The van der Waals surface area contributed by atoms with E-state index in [2.05, 4.69) is 54.9 Å². The number of hydrogen-bond donors (Lipinski definition) is 3. The van der Waals surface area contributed by atoms with Gasteiger partial charge < -0.3 is 25.8 Å². The number of amides is 1. The van der Waals surface area contributed by atoms with Crippen molar-refractivity contribution in [1.29, 1.82) is 0 Å². The van der Waals surface area contributed by atoms with Crippen LogP contribution >= 0.6 is 0 Å². The molecule has 1 aromatic heterocycles. The number of nitrogens with one attached hydrogen (secondary N) is 3. The normalized spacial score (nSPS) is 14.2. The number of anilines is 5. The molecule has 1 saturated heterocycles. The van der Waals surface area contributed by atoms with E-state index in [9.17, 15) is 4.79 Å². The molecule has 4 rings (SSSR count). The van der Waals surface area contributed by atoms with Gasteiger partial charge in [-0.15, -0.1) is 0 Å². The first-order valence-electron chi connectivity index (χ1n) is 10.8. The second-order valence-electron chi connectivity index (χ2n) is 7.94. The van der Waals surface area contributed by atoms with E-state index >= 15 is 0 Å². The van der Waals surface area contributed by atoms with Gasteiger partial charge in [-0.2, -0.15) is 4.98 Å². The molecule has 0 bridgehead atoms. The first-order chi connectivity index (χ1) is 15.5. The number of aromatic nitrogens is 2. The molecular formula is C24H29N7O. The standard InChI is InChI=1S/C24H29N7O/c1-17-16-26-24(29-22(17)28-21-10-5-4-9-20(21)23(32)25-2)27-18-7-6-8-19(15-18)31-13-11-30(3)12-14-31/h4-10,15-16H,11-14H2,1-3H3,(H,25,32)(H2,26,27,28,29). The number of nitrogens with zero attached hydrogens (tertiary/aromatic N) is 4. The summed E-state index contributed by atoms with van der Waals surface area (Å²) in [6.07, 6.45) is 1.77. The molecule has 0 aliphatic carbocycles. The minimum Gasteiger partial charge on any atom is -0.369 e. The molecule has 0 atom stereocenters. The van der Waals surface area contributed by atoms with Crippen LogP contribution in [0.5, 0.6) is 0 Å². The van der Waals surface area contributed by atoms with Gasteiger partial charge in [0.1, 0.15) is 5.82 Å². The molecule has 8 heteroatoms. The Morgan fingerprint density at radius 2 is 1.78 bits per heavy atom. The number of hydrogen-bond acceptors (Lipinski definition) is 7. The first-order valence-corrected chi connectivity index (χ1v) is 10.8. The molecule has 1 aliphatic rings. The minimum atomic E-state index is -0.154. The number of carbonyl (C=O) groups is 1. The molecule has 2 aromatic carbocycles. The number of piperazine rings is 1. The highest BCUT2D eigenvalue weighted by Gasteiger charge is 2.15. The Morgan fingerprint density at radius 3 is 2.56 bits per heavy atom. The predicted octanol–water partition coefficient (Wildman–Crippen LogP) is 3.38. The molecule has 32 heavy (non-hydrogen) atoms. The molecular weight excluding hydrogens is 402 g/mol. The fraction of sp³-hybridized carbons (Fsp3) is 0.292. The van der Waals surface area contributed by atoms with Crippen LogP contribution in [0.3, 0.4) is 0 Å². The van der Waals surface area contributed by atoms with Crippen LogP contribution in [0.4, 0.5) is 28.8 Å². The van der Waals surface area contributed by atoms with E-state index in [1.807, 2.05) is 37.3 Å². The Morgan fingerprint density at radius 1 is 1.00 bits per heavy atom. The lowest BCUT2D eigenvalue weighted by atomic mass is 10.1. The lowest BCUT2D eigenvalue weighted by molar-refractivity contribution is 0.0964. The topological polar surface area (TPSA) is 85.4 Å². The third-order valence-electron chi connectivity index (χ3n) is 5.59. The van der Waals surface area contributed by atoms with Crippen molar-refractivity contribution in [3.05, 3.63) is 65.9 Å². The molecule has 166 valence electrons. The SMILES string of the molecule is CNC(=O)c1ccccc1Nc1nc(Nc2cccc(N3CCN(C)CC3)c2)ncc1C. The Labute approximate surface area is 188 Å². The Balaban J connectivity index is 1.53. The number of carbonyl (C=O) groups excluding carboxylic acids is 1. The van der Waals surface area contributed by atoms with Crippen LogP contribution in [0.2, 0.25) is 0 Å². The average molecular weight is 432 g/mol. The second kappa shape index (κ2) is 9.65. The van der Waals surface area contributed by atoms with E-state index in [1.54, 1.807) is 19.3 Å². The van der Waals surface area contributed by atoms with Crippen LogP contribution in [0.15, 0.2) is 54.7 Å². The van der Waals surface area contributed by atoms with Crippen LogP contribution in [0.25, 0.3) is 0 Å². The summed E-state index contributed by atoms with van der Waals surface area (Å²) in [5, 5.41) is 9.27. The van der Waals surface area contributed by atoms with E-state index in [1.165, 1.54) is 5.69 Å². The van der Waals surface area contributed by atoms with E-state index in [0.29, 0.717) is 23.0 Å². The van der Waals surface area contributed by atoms with Crippen molar-refractivity contribution in [2.75, 3.05) is 55.8 Å². The highest BCUT2D eigenvalue weighted by molar-refractivity contribution is 6.00. The Hall–Kier alpha value is -3.65. The van der Waals surface area contributed by atoms with E-state index in [4.69, 9.17) is 0 Å². The second-order valence-corrected chi connectivity index (χ2v) is 7.94. The smallest absolute Gasteiger partial charge is 0.253 e. The zero-order valence-corrected chi connectivity index (χ0v) is 18.7. The summed E-state index contributed by atoms with van der Waals surface area (Å²) in [5.41, 5.74) is 4.25. The predicted molar refractivity (Wildman–Crippen MR) is 129 cm³/mol. The van der Waals surface area contributed by atoms with Crippen LogP contribution in [0, 0.1) is 6.92 Å². The van der Waals surface area contributed by atoms with E-state index in [0.717, 1.165) is 37.4 Å². The minimum absolute atomic E-state index is 0.154. The monoisotopic (exact) mass is 431 g/mol. The number of aryl methyl sites for hydroxylation is 1. The fourth-order valence-corrected chi connectivity index (χ4v) is 3.66. The van der Waals surface area contributed by atoms with Crippen LogP contribution in [0.1, 0.15) is 15.9 Å². The maximum absolute atomic E-state index is 12.2. The van der Waals surface area contributed by atoms with Gasteiger partial charge in [-0.3, -0.25) is 4.79 Å². The highest BCUT2D eigenvalue weighted by atomic mass is 16.1. The maximum Gasteiger partial charge on any atom is 0.253 e. The highest BCUT2D eigenvalue weighted by Crippen LogP contribution is 2.25. The number of para-hydroxylation sites is 1. The lowest BCUT2D eigenvalue weighted by Crippen LogP contribution is -2.44. The maximum atomic E-state index is 12.2. The zero-order chi connectivity index (χ0) is 22.5. The van der Waals surface area contributed by atoms with Gasteiger partial charge in [-0.25, -0.2) is 4.98 Å². The number of benzene rings is 2. The molecule has 1 amide bonds. The van der Waals surface area contributed by atoms with Gasteiger partial charge in [-0.05, 0) is 44.3 Å². The molecule has 1 fully saturated rings. The molecule has 8 nitrogen and oxygen atoms in total. The lowest BCUT2D eigenvalue weighted by Gasteiger charge is -2.34. The van der Waals surface area contributed by atoms with Gasteiger partial charge in [0.2, 0.25) is 5.95 Å². The molecule has 0 spiro atoms. The molecule has 0 unspecified atom stereocenters. The van der Waals surface area contributed by atoms with Gasteiger partial charge in [0.15, 0.2) is 0 Å². The molecule has 2 heterocycles. The quantitative estimate of drug-likeness (QED) is 0.552. The summed E-state index contributed by atoms with van der Waals surface area (Å²) in [4.78, 5) is 26.0. The van der Waals surface area contributed by atoms with Gasteiger partial charge in [0, 0.05) is 56.4 Å². The summed E-state index contributed by atoms with van der Waals surface area (Å²) in [6.45, 7) is 6.08. The van der Waals surface area contributed by atoms with Gasteiger partial charge in [0.25, 0.3) is 5.91 Å². The Bertz CT molecular complexity index is 1090. The van der Waals surface area contributed by atoms with Gasteiger partial charge >= 0.3 is 0 Å². The largest absolute Gasteiger partial charge is 0.369 e. The van der Waals surface area contributed by atoms with Crippen molar-refractivity contribution in [2.24, 2.45) is 0 Å². The van der Waals surface area contributed by atoms with Crippen molar-refractivity contribution >= 4 is 34.7 Å². The third kappa shape index (κ3) is 4.97. The van der Waals surface area contributed by atoms with Crippen molar-refractivity contribution in [3.8, 4) is 0 Å². The summed E-state index contributed by atoms with van der Waals surface area (Å²) in [7, 11) is 3.77. The summed E-state index contributed by atoms with van der Waals surface area (Å²) in [5.74, 6) is 0.985. The molecule has 3 N–H and O–H groups in total. The number of rotatable bonds is 6. The van der Waals surface area contributed by atoms with Crippen LogP contribution < -0.4 is 20.9 Å². The molecule has 1 aliphatic heterocycles. The van der Waals surface area contributed by atoms with Crippen molar-refractivity contribution < 1.29 is 4.79 Å². The summed E-state index contributed by atoms with van der Waals surface area (Å²) in [6, 6.07) is 15.7. The fourth-order valence-electron chi connectivity index (χ4n) is 3.66. The summed E-state index contributed by atoms with van der Waals surface area (Å²) >= 11 is 0.